The van der Waals surface area contributed by atoms with E-state index >= 15 is 0 Å². The van der Waals surface area contributed by atoms with Gasteiger partial charge in [0.2, 0.25) is 0 Å². The molecular formula is C19H24FN3O2. The molecule has 25 heavy (non-hydrogen) atoms. The van der Waals surface area contributed by atoms with E-state index < -0.39 is 6.10 Å². The number of benzene rings is 1. The number of carbonyl (C=O) groups excluding carboxylic acids is 1. The molecule has 1 aromatic heterocycles. The van der Waals surface area contributed by atoms with Crippen LogP contribution in [-0.2, 0) is 4.79 Å². The first-order valence-electron chi connectivity index (χ1n) is 8.23. The lowest BCUT2D eigenvalue weighted by atomic mass is 10.2. The molecule has 2 rings (SSSR count). The monoisotopic (exact) mass is 345 g/mol. The van der Waals surface area contributed by atoms with E-state index in [0.29, 0.717) is 11.8 Å². The predicted octanol–water partition coefficient (Wildman–Crippen LogP) is 3.74. The quantitative estimate of drug-likeness (QED) is 0.640. The van der Waals surface area contributed by atoms with Gasteiger partial charge in [-0.1, -0.05) is 0 Å². The van der Waals surface area contributed by atoms with Gasteiger partial charge in [-0.15, -0.1) is 0 Å². The topological polar surface area (TPSA) is 55.6 Å². The number of halogens is 1. The van der Waals surface area contributed by atoms with Crippen molar-refractivity contribution < 1.29 is 13.9 Å². The van der Waals surface area contributed by atoms with Crippen LogP contribution in [0.5, 0.6) is 5.75 Å². The Morgan fingerprint density at radius 2 is 1.88 bits per heavy atom. The molecule has 0 radical (unpaired) electrons. The zero-order valence-electron chi connectivity index (χ0n) is 15.2. The molecule has 2 aromatic rings. The number of ether oxygens (including phenoxy) is 1. The molecule has 0 fully saturated rings. The maximum Gasteiger partial charge on any atom is 0.280 e. The van der Waals surface area contributed by atoms with Gasteiger partial charge in [0, 0.05) is 23.0 Å². The van der Waals surface area contributed by atoms with E-state index in [-0.39, 0.29) is 11.7 Å². The van der Waals surface area contributed by atoms with Crippen LogP contribution in [0.2, 0.25) is 0 Å². The highest BCUT2D eigenvalue weighted by molar-refractivity contribution is 5.85. The number of hydrogen-bond donors (Lipinski definition) is 1. The fraction of sp³-hybridized carbons (Fsp3) is 0.368. The first-order valence-corrected chi connectivity index (χ1v) is 8.23. The van der Waals surface area contributed by atoms with E-state index in [9.17, 15) is 9.18 Å². The van der Waals surface area contributed by atoms with Crippen molar-refractivity contribution in [3.05, 3.63) is 53.1 Å². The normalized spacial score (nSPS) is 12.6. The first kappa shape index (κ1) is 18.7. The molecule has 0 unspecified atom stereocenters. The van der Waals surface area contributed by atoms with Crippen molar-refractivity contribution in [2.45, 2.75) is 46.8 Å². The highest BCUT2D eigenvalue weighted by atomic mass is 19.1. The summed E-state index contributed by atoms with van der Waals surface area (Å²) < 4.78 is 20.5. The molecule has 1 N–H and O–H groups in total. The summed E-state index contributed by atoms with van der Waals surface area (Å²) in [5.41, 5.74) is 5.67. The molecular weight excluding hydrogens is 321 g/mol. The van der Waals surface area contributed by atoms with Crippen LogP contribution in [0.1, 0.15) is 43.8 Å². The van der Waals surface area contributed by atoms with E-state index in [4.69, 9.17) is 4.74 Å². The van der Waals surface area contributed by atoms with Crippen molar-refractivity contribution in [3.8, 4) is 5.75 Å². The molecule has 0 aliphatic carbocycles. The maximum absolute atomic E-state index is 12.9. The average molecular weight is 345 g/mol. The predicted molar refractivity (Wildman–Crippen MR) is 96.5 cm³/mol. The lowest BCUT2D eigenvalue weighted by Gasteiger charge is -2.13. The standard InChI is InChI=1S/C19H24FN3O2/c1-12(2)23-13(3)10-16(14(23)4)11-21-22-19(24)15(5)25-18-8-6-17(20)7-9-18/h6-12,15H,1-5H3,(H,22,24)/b21-11-/t15-/m1/s1. The lowest BCUT2D eigenvalue weighted by Crippen LogP contribution is -2.33. The zero-order chi connectivity index (χ0) is 18.6. The minimum Gasteiger partial charge on any atom is -0.481 e. The third kappa shape index (κ3) is 4.68. The van der Waals surface area contributed by atoms with Crippen LogP contribution in [0, 0.1) is 19.7 Å². The summed E-state index contributed by atoms with van der Waals surface area (Å²) in [4.78, 5) is 12.0. The van der Waals surface area contributed by atoms with E-state index in [0.717, 1.165) is 17.0 Å². The van der Waals surface area contributed by atoms with Gasteiger partial charge in [0.05, 0.1) is 6.21 Å². The van der Waals surface area contributed by atoms with Crippen molar-refractivity contribution in [2.75, 3.05) is 0 Å². The van der Waals surface area contributed by atoms with Gasteiger partial charge >= 0.3 is 0 Å². The van der Waals surface area contributed by atoms with E-state index in [1.54, 1.807) is 13.1 Å². The molecule has 1 amide bonds. The van der Waals surface area contributed by atoms with Crippen molar-refractivity contribution in [3.63, 3.8) is 0 Å². The number of amides is 1. The lowest BCUT2D eigenvalue weighted by molar-refractivity contribution is -0.127. The van der Waals surface area contributed by atoms with Crippen molar-refractivity contribution in [1.29, 1.82) is 0 Å². The van der Waals surface area contributed by atoms with Gasteiger partial charge in [-0.3, -0.25) is 4.79 Å². The van der Waals surface area contributed by atoms with Gasteiger partial charge in [-0.05, 0) is 65.0 Å². The van der Waals surface area contributed by atoms with E-state index in [1.807, 2.05) is 19.9 Å². The van der Waals surface area contributed by atoms with E-state index in [2.05, 4.69) is 28.9 Å². The summed E-state index contributed by atoms with van der Waals surface area (Å²) in [7, 11) is 0. The van der Waals surface area contributed by atoms with E-state index in [1.165, 1.54) is 24.3 Å². The Bertz CT molecular complexity index is 764. The summed E-state index contributed by atoms with van der Waals surface area (Å²) >= 11 is 0. The Balaban J connectivity index is 1.96. The highest BCUT2D eigenvalue weighted by Crippen LogP contribution is 2.18. The number of hydrogen-bond acceptors (Lipinski definition) is 3. The van der Waals surface area contributed by atoms with Gasteiger partial charge < -0.3 is 9.30 Å². The number of nitrogens with zero attached hydrogens (tertiary/aromatic N) is 2. The molecule has 0 aliphatic rings. The molecule has 6 heteroatoms. The summed E-state index contributed by atoms with van der Waals surface area (Å²) in [6, 6.07) is 7.90. The molecule has 0 saturated carbocycles. The third-order valence-electron chi connectivity index (χ3n) is 3.91. The zero-order valence-corrected chi connectivity index (χ0v) is 15.2. The molecule has 0 aliphatic heterocycles. The number of carbonyl (C=O) groups is 1. The number of aromatic nitrogens is 1. The Labute approximate surface area is 147 Å². The minimum absolute atomic E-state index is 0.354. The van der Waals surface area contributed by atoms with Gasteiger partial charge in [0.25, 0.3) is 5.91 Å². The highest BCUT2D eigenvalue weighted by Gasteiger charge is 2.14. The second kappa shape index (κ2) is 7.96. The van der Waals surface area contributed by atoms with Crippen LogP contribution in [0.4, 0.5) is 4.39 Å². The van der Waals surface area contributed by atoms with Crippen molar-refractivity contribution >= 4 is 12.1 Å². The Morgan fingerprint density at radius 1 is 1.24 bits per heavy atom. The minimum atomic E-state index is -0.745. The molecule has 134 valence electrons. The van der Waals surface area contributed by atoms with Gasteiger partial charge in [-0.2, -0.15) is 5.10 Å². The fourth-order valence-corrected chi connectivity index (χ4v) is 2.76. The number of nitrogens with one attached hydrogen (secondary N) is 1. The summed E-state index contributed by atoms with van der Waals surface area (Å²) in [6.07, 6.45) is 0.884. The molecule has 5 nitrogen and oxygen atoms in total. The Hall–Kier alpha value is -2.63. The van der Waals surface area contributed by atoms with Crippen molar-refractivity contribution in [1.82, 2.24) is 9.99 Å². The first-order chi connectivity index (χ1) is 11.8. The van der Waals surface area contributed by atoms with Gasteiger partial charge in [0.1, 0.15) is 11.6 Å². The molecule has 0 bridgehead atoms. The Morgan fingerprint density at radius 3 is 2.44 bits per heavy atom. The van der Waals surface area contributed by atoms with Crippen LogP contribution in [0.3, 0.4) is 0 Å². The fourth-order valence-electron chi connectivity index (χ4n) is 2.76. The maximum atomic E-state index is 12.9. The second-order valence-electron chi connectivity index (χ2n) is 6.24. The average Bonchev–Trinajstić information content (AvgIpc) is 2.83. The molecule has 1 heterocycles. The summed E-state index contributed by atoms with van der Waals surface area (Å²) in [5, 5.41) is 4.02. The smallest absolute Gasteiger partial charge is 0.280 e. The van der Waals surface area contributed by atoms with Crippen LogP contribution in [0.25, 0.3) is 0 Å². The van der Waals surface area contributed by atoms with Gasteiger partial charge in [-0.25, -0.2) is 9.82 Å². The molecule has 1 aromatic carbocycles. The van der Waals surface area contributed by atoms with Crippen LogP contribution in [0.15, 0.2) is 35.4 Å². The SMILES string of the molecule is Cc1cc(/C=N\NC(=O)[C@@H](C)Oc2ccc(F)cc2)c(C)n1C(C)C. The van der Waals surface area contributed by atoms with Crippen molar-refractivity contribution in [2.24, 2.45) is 5.10 Å². The molecule has 1 atom stereocenters. The Kier molecular flexibility index (Phi) is 5.96. The summed E-state index contributed by atoms with van der Waals surface area (Å²) in [5.74, 6) is -0.306. The number of aryl methyl sites for hydroxylation is 1. The van der Waals surface area contributed by atoms with Crippen LogP contribution in [-0.4, -0.2) is 22.8 Å². The second-order valence-corrected chi connectivity index (χ2v) is 6.24. The van der Waals surface area contributed by atoms with Crippen LogP contribution >= 0.6 is 0 Å². The third-order valence-corrected chi connectivity index (χ3v) is 3.91. The van der Waals surface area contributed by atoms with Gasteiger partial charge in [0.15, 0.2) is 6.10 Å². The summed E-state index contributed by atoms with van der Waals surface area (Å²) in [6.45, 7) is 9.92. The number of rotatable bonds is 6. The van der Waals surface area contributed by atoms with Crippen LogP contribution < -0.4 is 10.2 Å². The number of hydrazone groups is 1. The largest absolute Gasteiger partial charge is 0.481 e. The molecule has 0 spiro atoms. The molecule has 0 saturated heterocycles.